The van der Waals surface area contributed by atoms with Crippen molar-refractivity contribution in [3.63, 3.8) is 0 Å². The van der Waals surface area contributed by atoms with Gasteiger partial charge in [-0.1, -0.05) is 24.3 Å². The summed E-state index contributed by atoms with van der Waals surface area (Å²) in [6.45, 7) is 0. The molecule has 3 rings (SSSR count). The quantitative estimate of drug-likeness (QED) is 0.716. The third-order valence-electron chi connectivity index (χ3n) is 3.57. The van der Waals surface area contributed by atoms with Gasteiger partial charge >= 0.3 is 0 Å². The Morgan fingerprint density at radius 3 is 2.56 bits per heavy atom. The minimum Gasteiger partial charge on any atom is -0.463 e. The summed E-state index contributed by atoms with van der Waals surface area (Å²) in [5.41, 5.74) is 6.26. The summed E-state index contributed by atoms with van der Waals surface area (Å²) < 4.78 is 5.38. The molecule has 3 aromatic rings. The molecule has 0 spiro atoms. The number of anilines is 1. The van der Waals surface area contributed by atoms with Gasteiger partial charge in [0.05, 0.1) is 22.2 Å². The Balaban J connectivity index is 1.83. The fourth-order valence-electron chi connectivity index (χ4n) is 2.35. The van der Waals surface area contributed by atoms with E-state index in [0.29, 0.717) is 16.7 Å². The summed E-state index contributed by atoms with van der Waals surface area (Å²) in [4.78, 5) is 35.7. The molecule has 2 aromatic carbocycles. The average molecular weight is 334 g/mol. The van der Waals surface area contributed by atoms with Crippen molar-refractivity contribution in [2.24, 2.45) is 5.73 Å². The molecule has 0 aliphatic rings. The van der Waals surface area contributed by atoms with Crippen LogP contribution in [0.5, 0.6) is 0 Å². The second-order valence-corrected chi connectivity index (χ2v) is 5.25. The molecule has 0 fully saturated rings. The molecule has 2 amide bonds. The SMILES string of the molecule is NC(=O)c1ccccc1NC(=O)/C=C/c1coc2ccccc2c1=O. The van der Waals surface area contributed by atoms with Gasteiger partial charge in [-0.3, -0.25) is 14.4 Å². The van der Waals surface area contributed by atoms with Crippen molar-refractivity contribution in [1.82, 2.24) is 0 Å². The Kier molecular flexibility index (Phi) is 4.43. The highest BCUT2D eigenvalue weighted by Gasteiger charge is 2.09. The van der Waals surface area contributed by atoms with Crippen molar-refractivity contribution < 1.29 is 14.0 Å². The molecule has 6 heteroatoms. The fourth-order valence-corrected chi connectivity index (χ4v) is 2.35. The van der Waals surface area contributed by atoms with Crippen molar-refractivity contribution in [2.75, 3.05) is 5.32 Å². The van der Waals surface area contributed by atoms with E-state index in [2.05, 4.69) is 5.32 Å². The van der Waals surface area contributed by atoms with E-state index in [-0.39, 0.29) is 16.6 Å². The Morgan fingerprint density at radius 1 is 1.04 bits per heavy atom. The number of hydrogen-bond donors (Lipinski definition) is 2. The molecule has 1 heterocycles. The van der Waals surface area contributed by atoms with E-state index < -0.39 is 11.8 Å². The molecule has 3 N–H and O–H groups in total. The first-order chi connectivity index (χ1) is 12.1. The zero-order valence-electron chi connectivity index (χ0n) is 13.1. The van der Waals surface area contributed by atoms with Crippen LogP contribution in [0, 0.1) is 0 Å². The number of hydrogen-bond acceptors (Lipinski definition) is 4. The standard InChI is InChI=1S/C19H14N2O4/c20-19(24)13-5-1-3-7-15(13)21-17(22)10-9-12-11-25-16-8-4-2-6-14(16)18(12)23/h1-11H,(H2,20,24)(H,21,22)/b10-9+. The number of carbonyl (C=O) groups is 2. The second kappa shape index (κ2) is 6.84. The third-order valence-corrected chi connectivity index (χ3v) is 3.57. The van der Waals surface area contributed by atoms with Gasteiger partial charge in [-0.2, -0.15) is 0 Å². The summed E-state index contributed by atoms with van der Waals surface area (Å²) in [7, 11) is 0. The maximum atomic E-state index is 12.3. The monoisotopic (exact) mass is 334 g/mol. The Hall–Kier alpha value is -3.67. The number of nitrogens with two attached hydrogens (primary N) is 1. The van der Waals surface area contributed by atoms with Gasteiger partial charge < -0.3 is 15.5 Å². The first-order valence-electron chi connectivity index (χ1n) is 7.44. The lowest BCUT2D eigenvalue weighted by Crippen LogP contribution is -2.16. The summed E-state index contributed by atoms with van der Waals surface area (Å²) in [6.07, 6.45) is 3.85. The molecule has 0 atom stereocenters. The highest BCUT2D eigenvalue weighted by Crippen LogP contribution is 2.15. The zero-order chi connectivity index (χ0) is 17.8. The lowest BCUT2D eigenvalue weighted by molar-refractivity contribution is -0.111. The molecule has 0 aliphatic heterocycles. The van der Waals surface area contributed by atoms with Crippen LogP contribution in [0.4, 0.5) is 5.69 Å². The van der Waals surface area contributed by atoms with E-state index in [4.69, 9.17) is 10.2 Å². The summed E-state index contributed by atoms with van der Waals surface area (Å²) in [5, 5.41) is 2.99. The van der Waals surface area contributed by atoms with Crippen LogP contribution in [0.15, 0.2) is 70.1 Å². The van der Waals surface area contributed by atoms with Gasteiger partial charge in [0.15, 0.2) is 5.43 Å². The first kappa shape index (κ1) is 16.2. The fraction of sp³-hybridized carbons (Fsp3) is 0. The van der Waals surface area contributed by atoms with Crippen molar-refractivity contribution >= 4 is 34.5 Å². The van der Waals surface area contributed by atoms with Gasteiger partial charge in [0.25, 0.3) is 5.91 Å². The molecule has 0 saturated carbocycles. The van der Waals surface area contributed by atoms with Crippen LogP contribution >= 0.6 is 0 Å². The van der Waals surface area contributed by atoms with Gasteiger partial charge in [0.1, 0.15) is 11.8 Å². The molecule has 0 saturated heterocycles. The number of rotatable bonds is 4. The number of fused-ring (bicyclic) bond motifs is 1. The van der Waals surface area contributed by atoms with E-state index in [1.165, 1.54) is 24.5 Å². The van der Waals surface area contributed by atoms with Crippen LogP contribution in [0.3, 0.4) is 0 Å². The third kappa shape index (κ3) is 3.48. The van der Waals surface area contributed by atoms with Crippen molar-refractivity contribution in [1.29, 1.82) is 0 Å². The smallest absolute Gasteiger partial charge is 0.250 e. The predicted molar refractivity (Wildman–Crippen MR) is 95.1 cm³/mol. The summed E-state index contributed by atoms with van der Waals surface area (Å²) in [5.74, 6) is -1.14. The number of para-hydroxylation sites is 2. The van der Waals surface area contributed by atoms with Gasteiger partial charge in [-0.05, 0) is 30.3 Å². The maximum Gasteiger partial charge on any atom is 0.250 e. The summed E-state index contributed by atoms with van der Waals surface area (Å²) >= 11 is 0. The lowest BCUT2D eigenvalue weighted by Gasteiger charge is -2.06. The molecule has 25 heavy (non-hydrogen) atoms. The van der Waals surface area contributed by atoms with Gasteiger partial charge in [0.2, 0.25) is 5.91 Å². The molecular formula is C19H14N2O4. The topological polar surface area (TPSA) is 102 Å². The van der Waals surface area contributed by atoms with E-state index in [9.17, 15) is 14.4 Å². The minimum absolute atomic E-state index is 0.203. The summed E-state index contributed by atoms with van der Waals surface area (Å²) in [6, 6.07) is 13.2. The highest BCUT2D eigenvalue weighted by atomic mass is 16.3. The zero-order valence-corrected chi connectivity index (χ0v) is 13.1. The average Bonchev–Trinajstić information content (AvgIpc) is 2.61. The molecule has 0 aliphatic carbocycles. The van der Waals surface area contributed by atoms with E-state index in [1.807, 2.05) is 0 Å². The Morgan fingerprint density at radius 2 is 1.76 bits per heavy atom. The van der Waals surface area contributed by atoms with E-state index in [0.717, 1.165) is 0 Å². The normalized spacial score (nSPS) is 10.9. The van der Waals surface area contributed by atoms with Crippen LogP contribution < -0.4 is 16.5 Å². The molecular weight excluding hydrogens is 320 g/mol. The molecule has 0 bridgehead atoms. The van der Waals surface area contributed by atoms with Crippen molar-refractivity contribution in [3.8, 4) is 0 Å². The maximum absolute atomic E-state index is 12.3. The van der Waals surface area contributed by atoms with E-state index >= 15 is 0 Å². The molecule has 0 radical (unpaired) electrons. The largest absolute Gasteiger partial charge is 0.463 e. The second-order valence-electron chi connectivity index (χ2n) is 5.25. The number of benzene rings is 2. The van der Waals surface area contributed by atoms with Gasteiger partial charge in [0, 0.05) is 6.08 Å². The number of amides is 2. The molecule has 1 aromatic heterocycles. The Bertz CT molecular complexity index is 1050. The van der Waals surface area contributed by atoms with Crippen molar-refractivity contribution in [3.05, 3.63) is 82.2 Å². The predicted octanol–water partition coefficient (Wildman–Crippen LogP) is 2.54. The van der Waals surface area contributed by atoms with Gasteiger partial charge in [-0.15, -0.1) is 0 Å². The molecule has 6 nitrogen and oxygen atoms in total. The molecule has 124 valence electrons. The lowest BCUT2D eigenvalue weighted by atomic mass is 10.1. The number of primary amides is 1. The van der Waals surface area contributed by atoms with Gasteiger partial charge in [-0.25, -0.2) is 0 Å². The minimum atomic E-state index is -0.643. The van der Waals surface area contributed by atoms with Crippen LogP contribution in [0.1, 0.15) is 15.9 Å². The number of nitrogens with one attached hydrogen (secondary N) is 1. The van der Waals surface area contributed by atoms with Crippen molar-refractivity contribution in [2.45, 2.75) is 0 Å². The van der Waals surface area contributed by atoms with Crippen LogP contribution in [-0.4, -0.2) is 11.8 Å². The molecule has 0 unspecified atom stereocenters. The van der Waals surface area contributed by atoms with Crippen LogP contribution in [-0.2, 0) is 4.79 Å². The first-order valence-corrected chi connectivity index (χ1v) is 7.44. The van der Waals surface area contributed by atoms with Crippen LogP contribution in [0.2, 0.25) is 0 Å². The number of carbonyl (C=O) groups excluding carboxylic acids is 2. The Labute approximate surface area is 142 Å². The van der Waals surface area contributed by atoms with Crippen LogP contribution in [0.25, 0.3) is 17.0 Å². The van der Waals surface area contributed by atoms with E-state index in [1.54, 1.807) is 42.5 Å². The highest BCUT2D eigenvalue weighted by molar-refractivity contribution is 6.07.